The molecule has 3 rings (SSSR count). The van der Waals surface area contributed by atoms with E-state index in [4.69, 9.17) is 4.74 Å². The summed E-state index contributed by atoms with van der Waals surface area (Å²) in [7, 11) is -3.52. The fourth-order valence-corrected chi connectivity index (χ4v) is 6.18. The van der Waals surface area contributed by atoms with Crippen LogP contribution in [-0.2, 0) is 14.8 Å². The zero-order chi connectivity index (χ0) is 21.7. The molecule has 0 bridgehead atoms. The van der Waals surface area contributed by atoms with E-state index in [-0.39, 0.29) is 18.1 Å². The molecule has 2 fully saturated rings. The quantitative estimate of drug-likeness (QED) is 0.742. The summed E-state index contributed by atoms with van der Waals surface area (Å²) in [6.45, 7) is 8.70. The van der Waals surface area contributed by atoms with Crippen LogP contribution in [0.3, 0.4) is 0 Å². The molecule has 1 aromatic carbocycles. The van der Waals surface area contributed by atoms with Gasteiger partial charge < -0.3 is 15.0 Å². The molecule has 7 nitrogen and oxygen atoms in total. The average Bonchev–Trinajstić information content (AvgIpc) is 2.73. The highest BCUT2D eigenvalue weighted by atomic mass is 32.2. The normalized spacial score (nSPS) is 19.6. The van der Waals surface area contributed by atoms with E-state index >= 15 is 0 Å². The van der Waals surface area contributed by atoms with Gasteiger partial charge >= 0.3 is 6.03 Å². The molecule has 0 spiro atoms. The minimum absolute atomic E-state index is 0.0283. The molecule has 2 aliphatic rings. The van der Waals surface area contributed by atoms with Crippen LogP contribution in [0.2, 0.25) is 0 Å². The van der Waals surface area contributed by atoms with Crippen LogP contribution in [0.15, 0.2) is 23.1 Å². The molecule has 0 aromatic heterocycles. The van der Waals surface area contributed by atoms with Crippen LogP contribution in [0.25, 0.3) is 0 Å². The lowest BCUT2D eigenvalue weighted by molar-refractivity contribution is 0.0255. The van der Waals surface area contributed by atoms with E-state index in [9.17, 15) is 13.2 Å². The molecule has 2 saturated heterocycles. The summed E-state index contributed by atoms with van der Waals surface area (Å²) in [5.74, 6) is 0. The van der Waals surface area contributed by atoms with Crippen molar-refractivity contribution >= 4 is 16.1 Å². The lowest BCUT2D eigenvalue weighted by atomic mass is 9.99. The third-order valence-electron chi connectivity index (χ3n) is 6.11. The second-order valence-electron chi connectivity index (χ2n) is 8.39. The lowest BCUT2D eigenvalue weighted by Crippen LogP contribution is -2.56. The molecular formula is C22H35N3O4S. The SMILES string of the molecule is CCCNC(=O)N(C1CCOCC1)C1CCN(S(=O)(=O)c2ccc(C)cc2C)CC1. The van der Waals surface area contributed by atoms with Crippen molar-refractivity contribution < 1.29 is 17.9 Å². The number of rotatable bonds is 6. The van der Waals surface area contributed by atoms with Crippen molar-refractivity contribution in [1.29, 1.82) is 0 Å². The van der Waals surface area contributed by atoms with Gasteiger partial charge in [0.1, 0.15) is 0 Å². The van der Waals surface area contributed by atoms with E-state index in [1.165, 1.54) is 0 Å². The molecule has 8 heteroatoms. The maximum atomic E-state index is 13.2. The minimum Gasteiger partial charge on any atom is -0.381 e. The summed E-state index contributed by atoms with van der Waals surface area (Å²) in [4.78, 5) is 15.3. The maximum Gasteiger partial charge on any atom is 0.317 e. The van der Waals surface area contributed by atoms with Gasteiger partial charge in [-0.25, -0.2) is 13.2 Å². The second-order valence-corrected chi connectivity index (χ2v) is 10.3. The van der Waals surface area contributed by atoms with E-state index in [0.717, 1.165) is 30.4 Å². The van der Waals surface area contributed by atoms with E-state index in [1.807, 2.05) is 37.8 Å². The molecule has 0 atom stereocenters. The van der Waals surface area contributed by atoms with Crippen molar-refractivity contribution in [2.75, 3.05) is 32.8 Å². The number of nitrogens with one attached hydrogen (secondary N) is 1. The standard InChI is InChI=1S/C22H35N3O4S/c1-4-11-23-22(26)25(20-9-14-29-15-10-20)19-7-12-24(13-8-19)30(27,28)21-6-5-17(2)16-18(21)3/h5-6,16,19-20H,4,7-15H2,1-3H3,(H,23,26). The smallest absolute Gasteiger partial charge is 0.317 e. The fraction of sp³-hybridized carbons (Fsp3) is 0.682. The Morgan fingerprint density at radius 1 is 1.13 bits per heavy atom. The van der Waals surface area contributed by atoms with Crippen molar-refractivity contribution in [1.82, 2.24) is 14.5 Å². The van der Waals surface area contributed by atoms with E-state index in [2.05, 4.69) is 5.32 Å². The first-order valence-corrected chi connectivity index (χ1v) is 12.5. The second kappa shape index (κ2) is 10.1. The Labute approximate surface area is 180 Å². The molecule has 0 aliphatic carbocycles. The van der Waals surface area contributed by atoms with Crippen LogP contribution >= 0.6 is 0 Å². The van der Waals surface area contributed by atoms with Gasteiger partial charge in [-0.1, -0.05) is 24.6 Å². The first-order chi connectivity index (χ1) is 14.3. The van der Waals surface area contributed by atoms with Gasteiger partial charge in [-0.15, -0.1) is 0 Å². The van der Waals surface area contributed by atoms with Crippen LogP contribution in [-0.4, -0.2) is 68.6 Å². The number of aryl methyl sites for hydroxylation is 2. The molecule has 0 saturated carbocycles. The Kier molecular flexibility index (Phi) is 7.76. The third-order valence-corrected chi connectivity index (χ3v) is 8.17. The Morgan fingerprint density at radius 3 is 2.37 bits per heavy atom. The molecule has 0 radical (unpaired) electrons. The highest BCUT2D eigenvalue weighted by Crippen LogP contribution is 2.28. The number of ether oxygens (including phenoxy) is 1. The Balaban J connectivity index is 1.71. The topological polar surface area (TPSA) is 79.0 Å². The Morgan fingerprint density at radius 2 is 1.77 bits per heavy atom. The van der Waals surface area contributed by atoms with Gasteiger partial charge in [-0.2, -0.15) is 4.31 Å². The summed E-state index contributed by atoms with van der Waals surface area (Å²) >= 11 is 0. The number of amides is 2. The number of benzene rings is 1. The van der Waals surface area contributed by atoms with Gasteiger partial charge in [0.25, 0.3) is 0 Å². The molecule has 1 aromatic rings. The van der Waals surface area contributed by atoms with E-state index < -0.39 is 10.0 Å². The molecule has 2 heterocycles. The highest BCUT2D eigenvalue weighted by Gasteiger charge is 2.37. The molecule has 2 aliphatic heterocycles. The predicted molar refractivity (Wildman–Crippen MR) is 117 cm³/mol. The van der Waals surface area contributed by atoms with Gasteiger partial charge in [0, 0.05) is 44.9 Å². The van der Waals surface area contributed by atoms with Gasteiger partial charge in [0.15, 0.2) is 0 Å². The number of urea groups is 1. The van der Waals surface area contributed by atoms with Gasteiger partial charge in [-0.3, -0.25) is 0 Å². The average molecular weight is 438 g/mol. The highest BCUT2D eigenvalue weighted by molar-refractivity contribution is 7.89. The predicted octanol–water partition coefficient (Wildman–Crippen LogP) is 3.06. The molecule has 30 heavy (non-hydrogen) atoms. The zero-order valence-corrected chi connectivity index (χ0v) is 19.2. The fourth-order valence-electron chi connectivity index (χ4n) is 4.50. The first-order valence-electron chi connectivity index (χ1n) is 11.1. The Bertz CT molecular complexity index is 829. The van der Waals surface area contributed by atoms with Crippen molar-refractivity contribution in [3.05, 3.63) is 29.3 Å². The molecule has 168 valence electrons. The number of sulfonamides is 1. The third kappa shape index (κ3) is 5.15. The van der Waals surface area contributed by atoms with Crippen LogP contribution in [0.4, 0.5) is 4.79 Å². The van der Waals surface area contributed by atoms with Crippen LogP contribution in [0.5, 0.6) is 0 Å². The number of hydrogen-bond acceptors (Lipinski definition) is 4. The van der Waals surface area contributed by atoms with Gasteiger partial charge in [0.05, 0.1) is 4.90 Å². The minimum atomic E-state index is -3.52. The van der Waals surface area contributed by atoms with Crippen molar-refractivity contribution in [3.63, 3.8) is 0 Å². The number of hydrogen-bond donors (Lipinski definition) is 1. The maximum absolute atomic E-state index is 13.2. The van der Waals surface area contributed by atoms with Crippen molar-refractivity contribution in [2.24, 2.45) is 0 Å². The van der Waals surface area contributed by atoms with Crippen LogP contribution in [0, 0.1) is 13.8 Å². The van der Waals surface area contributed by atoms with Crippen molar-refractivity contribution in [2.45, 2.75) is 69.9 Å². The first kappa shape index (κ1) is 23.0. The van der Waals surface area contributed by atoms with Gasteiger partial charge in [0.2, 0.25) is 10.0 Å². The summed E-state index contributed by atoms with van der Waals surface area (Å²) in [5, 5.41) is 3.02. The number of piperidine rings is 1. The number of carbonyl (C=O) groups is 1. The monoisotopic (exact) mass is 437 g/mol. The largest absolute Gasteiger partial charge is 0.381 e. The molecule has 2 amide bonds. The Hall–Kier alpha value is -1.64. The summed E-state index contributed by atoms with van der Waals surface area (Å²) in [6, 6.07) is 5.64. The van der Waals surface area contributed by atoms with Gasteiger partial charge in [-0.05, 0) is 57.6 Å². The molecule has 1 N–H and O–H groups in total. The van der Waals surface area contributed by atoms with E-state index in [0.29, 0.717) is 50.6 Å². The van der Waals surface area contributed by atoms with Crippen molar-refractivity contribution in [3.8, 4) is 0 Å². The summed E-state index contributed by atoms with van der Waals surface area (Å²) in [6.07, 6.45) is 3.86. The van der Waals surface area contributed by atoms with Crippen LogP contribution in [0.1, 0.15) is 50.2 Å². The summed E-state index contributed by atoms with van der Waals surface area (Å²) in [5.41, 5.74) is 1.83. The number of carbonyl (C=O) groups excluding carboxylic acids is 1. The number of nitrogens with zero attached hydrogens (tertiary/aromatic N) is 2. The molecular weight excluding hydrogens is 402 g/mol. The lowest BCUT2D eigenvalue weighted by Gasteiger charge is -2.43. The van der Waals surface area contributed by atoms with Crippen LogP contribution < -0.4 is 5.32 Å². The zero-order valence-electron chi connectivity index (χ0n) is 18.4. The summed E-state index contributed by atoms with van der Waals surface area (Å²) < 4.78 is 33.4. The molecule has 0 unspecified atom stereocenters. The van der Waals surface area contributed by atoms with E-state index in [1.54, 1.807) is 10.4 Å².